The maximum atomic E-state index is 12.4. The number of ketones is 1. The number of nitrogen functional groups attached to an aromatic ring is 1. The first-order valence-corrected chi connectivity index (χ1v) is 6.51. The smallest absolute Gasteiger partial charge is 0.205 e. The summed E-state index contributed by atoms with van der Waals surface area (Å²) in [5.41, 5.74) is 6.73. The van der Waals surface area contributed by atoms with Crippen molar-refractivity contribution in [2.24, 2.45) is 0 Å². The van der Waals surface area contributed by atoms with Gasteiger partial charge in [0, 0.05) is 16.6 Å². The van der Waals surface area contributed by atoms with E-state index in [0.29, 0.717) is 27.6 Å². The summed E-state index contributed by atoms with van der Waals surface area (Å²) in [6.07, 6.45) is 0. The number of nitrogens with two attached hydrogens (primary N) is 1. The molecule has 1 aromatic carbocycles. The average Bonchev–Trinajstić information content (AvgIpc) is 2.84. The Kier molecular flexibility index (Phi) is 3.76. The van der Waals surface area contributed by atoms with Crippen molar-refractivity contribution >= 4 is 22.8 Å². The molecular weight excluding hydrogens is 262 g/mol. The zero-order valence-electron chi connectivity index (χ0n) is 11.0. The number of methoxy groups -OCH3 is 2. The lowest BCUT2D eigenvalue weighted by molar-refractivity contribution is 0.104. The van der Waals surface area contributed by atoms with Gasteiger partial charge < -0.3 is 15.2 Å². The molecule has 5 heteroatoms. The van der Waals surface area contributed by atoms with Gasteiger partial charge in [-0.3, -0.25) is 4.79 Å². The van der Waals surface area contributed by atoms with Gasteiger partial charge in [-0.2, -0.15) is 0 Å². The molecule has 2 N–H and O–H groups in total. The number of aryl methyl sites for hydroxylation is 1. The molecule has 0 unspecified atom stereocenters. The van der Waals surface area contributed by atoms with E-state index in [2.05, 4.69) is 0 Å². The number of ether oxygens (including phenoxy) is 2. The third-order valence-corrected chi connectivity index (χ3v) is 3.76. The summed E-state index contributed by atoms with van der Waals surface area (Å²) in [5, 5.41) is 0. The molecule has 0 bridgehead atoms. The molecule has 0 aliphatic heterocycles. The highest BCUT2D eigenvalue weighted by Crippen LogP contribution is 2.33. The van der Waals surface area contributed by atoms with Crippen LogP contribution in [0.5, 0.6) is 11.5 Å². The van der Waals surface area contributed by atoms with Gasteiger partial charge >= 0.3 is 0 Å². The second-order valence-corrected chi connectivity index (χ2v) is 5.32. The van der Waals surface area contributed by atoms with Crippen molar-refractivity contribution in [3.8, 4) is 11.5 Å². The Balaban J connectivity index is 2.47. The van der Waals surface area contributed by atoms with Crippen LogP contribution in [-0.2, 0) is 0 Å². The summed E-state index contributed by atoms with van der Waals surface area (Å²) < 4.78 is 10.3. The van der Waals surface area contributed by atoms with Crippen molar-refractivity contribution in [1.82, 2.24) is 0 Å². The van der Waals surface area contributed by atoms with Crippen molar-refractivity contribution in [2.45, 2.75) is 6.92 Å². The lowest BCUT2D eigenvalue weighted by Gasteiger charge is -2.11. The molecule has 0 fully saturated rings. The van der Waals surface area contributed by atoms with Crippen molar-refractivity contribution in [3.05, 3.63) is 39.6 Å². The van der Waals surface area contributed by atoms with Crippen molar-refractivity contribution < 1.29 is 14.3 Å². The fraction of sp³-hybridized carbons (Fsp3) is 0.214. The van der Waals surface area contributed by atoms with E-state index in [1.807, 2.05) is 13.0 Å². The van der Waals surface area contributed by atoms with E-state index < -0.39 is 0 Å². The van der Waals surface area contributed by atoms with Gasteiger partial charge in [0.25, 0.3) is 0 Å². The molecule has 0 aliphatic rings. The number of anilines is 1. The van der Waals surface area contributed by atoms with Gasteiger partial charge in [0.05, 0.1) is 24.7 Å². The van der Waals surface area contributed by atoms with Gasteiger partial charge in [0.1, 0.15) is 0 Å². The Bertz CT molecular complexity index is 619. The van der Waals surface area contributed by atoms with Gasteiger partial charge in [-0.1, -0.05) is 0 Å². The summed E-state index contributed by atoms with van der Waals surface area (Å²) in [5.74, 6) is 0.906. The third-order valence-electron chi connectivity index (χ3n) is 2.76. The molecule has 0 atom stereocenters. The van der Waals surface area contributed by atoms with Crippen LogP contribution in [0.2, 0.25) is 0 Å². The number of benzene rings is 1. The number of thiophene rings is 1. The van der Waals surface area contributed by atoms with Crippen LogP contribution in [0.3, 0.4) is 0 Å². The number of hydrogen-bond donors (Lipinski definition) is 1. The van der Waals surface area contributed by atoms with Gasteiger partial charge in [-0.05, 0) is 25.1 Å². The second-order valence-electron chi connectivity index (χ2n) is 4.03. The quantitative estimate of drug-likeness (QED) is 0.689. The van der Waals surface area contributed by atoms with Crippen molar-refractivity contribution in [2.75, 3.05) is 20.0 Å². The molecule has 100 valence electrons. The van der Waals surface area contributed by atoms with Gasteiger partial charge in [-0.15, -0.1) is 11.3 Å². The molecule has 1 aromatic heterocycles. The van der Waals surface area contributed by atoms with Crippen LogP contribution in [0.25, 0.3) is 0 Å². The molecule has 2 aromatic rings. The van der Waals surface area contributed by atoms with Gasteiger partial charge in [0.15, 0.2) is 11.5 Å². The summed E-state index contributed by atoms with van der Waals surface area (Å²) >= 11 is 1.45. The topological polar surface area (TPSA) is 61.5 Å². The number of carbonyl (C=O) groups excluding carboxylic acids is 1. The SMILES string of the molecule is COc1cc(N)c(C(=O)c2ccc(C)s2)cc1OC. The fourth-order valence-corrected chi connectivity index (χ4v) is 2.60. The minimum Gasteiger partial charge on any atom is -0.493 e. The number of carbonyl (C=O) groups is 1. The van der Waals surface area contributed by atoms with Crippen LogP contribution in [0, 0.1) is 6.92 Å². The molecule has 4 nitrogen and oxygen atoms in total. The van der Waals surface area contributed by atoms with E-state index in [4.69, 9.17) is 15.2 Å². The summed E-state index contributed by atoms with van der Waals surface area (Å²) in [6, 6.07) is 6.94. The third kappa shape index (κ3) is 2.56. The molecule has 0 saturated heterocycles. The zero-order chi connectivity index (χ0) is 14.0. The van der Waals surface area contributed by atoms with Gasteiger partial charge in [-0.25, -0.2) is 0 Å². The van der Waals surface area contributed by atoms with E-state index in [0.717, 1.165) is 4.88 Å². The lowest BCUT2D eigenvalue weighted by Crippen LogP contribution is -2.05. The largest absolute Gasteiger partial charge is 0.493 e. The number of hydrogen-bond acceptors (Lipinski definition) is 5. The van der Waals surface area contributed by atoms with Crippen LogP contribution >= 0.6 is 11.3 Å². The summed E-state index contributed by atoms with van der Waals surface area (Å²) in [4.78, 5) is 14.1. The molecule has 2 rings (SSSR count). The molecule has 1 heterocycles. The van der Waals surface area contributed by atoms with Gasteiger partial charge in [0.2, 0.25) is 5.78 Å². The molecule has 0 radical (unpaired) electrons. The fourth-order valence-electron chi connectivity index (χ4n) is 1.78. The molecule has 0 saturated carbocycles. The first kappa shape index (κ1) is 13.4. The highest BCUT2D eigenvalue weighted by Gasteiger charge is 2.17. The molecule has 0 aliphatic carbocycles. The second kappa shape index (κ2) is 5.32. The predicted octanol–water partition coefficient (Wildman–Crippen LogP) is 2.89. The monoisotopic (exact) mass is 277 g/mol. The average molecular weight is 277 g/mol. The van der Waals surface area contributed by atoms with Crippen LogP contribution in [0.4, 0.5) is 5.69 Å². The number of rotatable bonds is 4. The lowest BCUT2D eigenvalue weighted by atomic mass is 10.1. The predicted molar refractivity (Wildman–Crippen MR) is 76.4 cm³/mol. The Morgan fingerprint density at radius 1 is 1.16 bits per heavy atom. The maximum Gasteiger partial charge on any atom is 0.205 e. The van der Waals surface area contributed by atoms with Crippen LogP contribution in [-0.4, -0.2) is 20.0 Å². The minimum absolute atomic E-state index is 0.100. The maximum absolute atomic E-state index is 12.4. The molecule has 0 spiro atoms. The highest BCUT2D eigenvalue weighted by atomic mass is 32.1. The van der Waals surface area contributed by atoms with E-state index in [1.165, 1.54) is 25.6 Å². The zero-order valence-corrected chi connectivity index (χ0v) is 11.8. The standard InChI is InChI=1S/C14H15NO3S/c1-8-4-5-13(19-8)14(16)9-6-11(17-2)12(18-3)7-10(9)15/h4-7H,15H2,1-3H3. The summed E-state index contributed by atoms with van der Waals surface area (Å²) in [7, 11) is 3.05. The van der Waals surface area contributed by atoms with Crippen molar-refractivity contribution in [3.63, 3.8) is 0 Å². The van der Waals surface area contributed by atoms with Crippen molar-refractivity contribution in [1.29, 1.82) is 0 Å². The first-order chi connectivity index (χ1) is 9.06. The first-order valence-electron chi connectivity index (χ1n) is 5.69. The van der Waals surface area contributed by atoms with Crippen LogP contribution in [0.15, 0.2) is 24.3 Å². The molecule has 0 amide bonds. The van der Waals surface area contributed by atoms with Crippen LogP contribution in [0.1, 0.15) is 20.1 Å². The highest BCUT2D eigenvalue weighted by molar-refractivity contribution is 7.14. The molecular formula is C14H15NO3S. The summed E-state index contributed by atoms with van der Waals surface area (Å²) in [6.45, 7) is 1.96. The van der Waals surface area contributed by atoms with E-state index >= 15 is 0 Å². The van der Waals surface area contributed by atoms with E-state index in [-0.39, 0.29) is 5.78 Å². The van der Waals surface area contributed by atoms with Crippen LogP contribution < -0.4 is 15.2 Å². The molecule has 19 heavy (non-hydrogen) atoms. The van der Waals surface area contributed by atoms with E-state index in [1.54, 1.807) is 18.2 Å². The normalized spacial score (nSPS) is 10.3. The Hall–Kier alpha value is -2.01. The van der Waals surface area contributed by atoms with E-state index in [9.17, 15) is 4.79 Å². The Morgan fingerprint density at radius 3 is 2.32 bits per heavy atom. The minimum atomic E-state index is -0.100. The Labute approximate surface area is 115 Å². The Morgan fingerprint density at radius 2 is 1.79 bits per heavy atom.